The lowest BCUT2D eigenvalue weighted by atomic mass is 10.1. The van der Waals surface area contributed by atoms with Crippen LogP contribution in [0.25, 0.3) is 0 Å². The number of carbonyl (C=O) groups excluding carboxylic acids is 2. The number of halogens is 1. The number of benzene rings is 2. The number of rotatable bonds is 4. The van der Waals surface area contributed by atoms with Gasteiger partial charge in [-0.2, -0.15) is 0 Å². The number of anilines is 1. The molecule has 0 radical (unpaired) electrons. The Balaban J connectivity index is 1.76. The third-order valence-corrected chi connectivity index (χ3v) is 4.50. The molecule has 2 aromatic rings. The molecule has 2 aromatic carbocycles. The fourth-order valence-electron chi connectivity index (χ4n) is 2.91. The summed E-state index contributed by atoms with van der Waals surface area (Å²) >= 11 is 6.00. The molecule has 2 amide bonds. The van der Waals surface area contributed by atoms with Crippen LogP contribution in [0.5, 0.6) is 11.5 Å². The summed E-state index contributed by atoms with van der Waals surface area (Å²) in [6.45, 7) is 0.830. The van der Waals surface area contributed by atoms with E-state index in [4.69, 9.17) is 21.1 Å². The topological polar surface area (TPSA) is 59.1 Å². The minimum absolute atomic E-state index is 0.000526. The third kappa shape index (κ3) is 3.60. The van der Waals surface area contributed by atoms with Gasteiger partial charge in [0.2, 0.25) is 5.91 Å². The van der Waals surface area contributed by atoms with E-state index in [2.05, 4.69) is 0 Å². The van der Waals surface area contributed by atoms with Crippen molar-refractivity contribution in [3.05, 3.63) is 53.1 Å². The average molecular weight is 375 g/mol. The zero-order valence-electron chi connectivity index (χ0n) is 14.6. The zero-order valence-corrected chi connectivity index (χ0v) is 15.3. The first-order valence-electron chi connectivity index (χ1n) is 8.10. The van der Waals surface area contributed by atoms with Crippen molar-refractivity contribution >= 4 is 29.1 Å². The van der Waals surface area contributed by atoms with E-state index in [0.717, 1.165) is 5.69 Å². The van der Waals surface area contributed by atoms with Gasteiger partial charge in [0.05, 0.1) is 19.8 Å². The van der Waals surface area contributed by atoms with Gasteiger partial charge in [-0.05, 0) is 30.3 Å². The maximum Gasteiger partial charge on any atom is 0.258 e. The molecular formula is C19H19ClN2O4. The van der Waals surface area contributed by atoms with Crippen LogP contribution in [-0.2, 0) is 4.79 Å². The summed E-state index contributed by atoms with van der Waals surface area (Å²) in [6, 6.07) is 12.1. The Hall–Kier alpha value is -2.73. The second-order valence-corrected chi connectivity index (χ2v) is 6.25. The van der Waals surface area contributed by atoms with E-state index in [1.807, 2.05) is 6.07 Å². The molecule has 1 fully saturated rings. The van der Waals surface area contributed by atoms with Crippen molar-refractivity contribution in [3.63, 3.8) is 0 Å². The van der Waals surface area contributed by atoms with E-state index < -0.39 is 0 Å². The van der Waals surface area contributed by atoms with Crippen LogP contribution in [0.15, 0.2) is 42.5 Å². The first-order valence-corrected chi connectivity index (χ1v) is 8.48. The largest absolute Gasteiger partial charge is 0.497 e. The van der Waals surface area contributed by atoms with Crippen LogP contribution in [0.4, 0.5) is 5.69 Å². The molecule has 0 atom stereocenters. The molecule has 1 heterocycles. The Kier molecular flexibility index (Phi) is 5.32. The van der Waals surface area contributed by atoms with Gasteiger partial charge in [-0.25, -0.2) is 0 Å². The minimum atomic E-state index is -0.247. The van der Waals surface area contributed by atoms with Crippen molar-refractivity contribution in [1.82, 2.24) is 4.90 Å². The molecule has 0 N–H and O–H groups in total. The standard InChI is InChI=1S/C19H19ClN2O4/c1-25-15-6-7-16(17(11-15)26-2)19(24)21-8-9-22(18(23)12-21)14-5-3-4-13(20)10-14/h3-7,10-11H,8-9,12H2,1-2H3. The Morgan fingerprint density at radius 3 is 2.54 bits per heavy atom. The van der Waals surface area contributed by atoms with Crippen LogP contribution in [-0.4, -0.2) is 50.6 Å². The lowest BCUT2D eigenvalue weighted by Gasteiger charge is -2.34. The Labute approximate surface area is 156 Å². The Bertz CT molecular complexity index is 840. The van der Waals surface area contributed by atoms with E-state index in [1.54, 1.807) is 48.4 Å². The lowest BCUT2D eigenvalue weighted by molar-refractivity contribution is -0.120. The number of carbonyl (C=O) groups is 2. The molecule has 1 aliphatic rings. The molecule has 1 aliphatic heterocycles. The second-order valence-electron chi connectivity index (χ2n) is 5.82. The van der Waals surface area contributed by atoms with Gasteiger partial charge >= 0.3 is 0 Å². The van der Waals surface area contributed by atoms with Gasteiger partial charge in [-0.1, -0.05) is 17.7 Å². The van der Waals surface area contributed by atoms with Crippen molar-refractivity contribution in [2.24, 2.45) is 0 Å². The summed E-state index contributed by atoms with van der Waals surface area (Å²) in [5.74, 6) is 0.613. The summed E-state index contributed by atoms with van der Waals surface area (Å²) in [7, 11) is 3.04. The molecule has 26 heavy (non-hydrogen) atoms. The molecule has 7 heteroatoms. The molecular weight excluding hydrogens is 356 g/mol. The van der Waals surface area contributed by atoms with E-state index in [9.17, 15) is 9.59 Å². The number of amides is 2. The fraction of sp³-hybridized carbons (Fsp3) is 0.263. The van der Waals surface area contributed by atoms with Gasteiger partial charge < -0.3 is 19.3 Å². The van der Waals surface area contributed by atoms with Crippen LogP contribution in [0.1, 0.15) is 10.4 Å². The maximum absolute atomic E-state index is 12.8. The predicted molar refractivity (Wildman–Crippen MR) is 99.3 cm³/mol. The van der Waals surface area contributed by atoms with Gasteiger partial charge in [0, 0.05) is 29.9 Å². The summed E-state index contributed by atoms with van der Waals surface area (Å²) in [5.41, 5.74) is 1.13. The first kappa shape index (κ1) is 18.1. The van der Waals surface area contributed by atoms with Crippen LogP contribution < -0.4 is 14.4 Å². The molecule has 136 valence electrons. The number of ether oxygens (including phenoxy) is 2. The quantitative estimate of drug-likeness (QED) is 0.825. The highest BCUT2D eigenvalue weighted by Gasteiger charge is 2.30. The van der Waals surface area contributed by atoms with Crippen LogP contribution >= 0.6 is 11.6 Å². The monoisotopic (exact) mass is 374 g/mol. The van der Waals surface area contributed by atoms with Crippen LogP contribution in [0, 0.1) is 0 Å². The van der Waals surface area contributed by atoms with Crippen molar-refractivity contribution in [1.29, 1.82) is 0 Å². The van der Waals surface area contributed by atoms with Crippen LogP contribution in [0.3, 0.4) is 0 Å². The van der Waals surface area contributed by atoms with Crippen molar-refractivity contribution in [2.45, 2.75) is 0 Å². The Morgan fingerprint density at radius 1 is 1.08 bits per heavy atom. The molecule has 3 rings (SSSR count). The molecule has 0 saturated carbocycles. The number of hydrogen-bond acceptors (Lipinski definition) is 4. The summed E-state index contributed by atoms with van der Waals surface area (Å²) < 4.78 is 10.4. The maximum atomic E-state index is 12.8. The van der Waals surface area contributed by atoms with Gasteiger partial charge in [-0.15, -0.1) is 0 Å². The number of piperazine rings is 1. The van der Waals surface area contributed by atoms with Gasteiger partial charge in [0.1, 0.15) is 18.0 Å². The Morgan fingerprint density at radius 2 is 1.88 bits per heavy atom. The fourth-order valence-corrected chi connectivity index (χ4v) is 3.09. The average Bonchev–Trinajstić information content (AvgIpc) is 2.66. The smallest absolute Gasteiger partial charge is 0.258 e. The van der Waals surface area contributed by atoms with E-state index in [1.165, 1.54) is 12.0 Å². The number of hydrogen-bond donors (Lipinski definition) is 0. The van der Waals surface area contributed by atoms with E-state index in [0.29, 0.717) is 35.2 Å². The molecule has 0 unspecified atom stereocenters. The molecule has 6 nitrogen and oxygen atoms in total. The second kappa shape index (κ2) is 7.66. The molecule has 0 aromatic heterocycles. The first-order chi connectivity index (χ1) is 12.5. The predicted octanol–water partition coefficient (Wildman–Crippen LogP) is 2.85. The van der Waals surface area contributed by atoms with Crippen molar-refractivity contribution in [2.75, 3.05) is 38.8 Å². The summed E-state index contributed by atoms with van der Waals surface area (Å²) in [4.78, 5) is 28.5. The molecule has 0 spiro atoms. The number of methoxy groups -OCH3 is 2. The van der Waals surface area contributed by atoms with Crippen LogP contribution in [0.2, 0.25) is 5.02 Å². The highest BCUT2D eigenvalue weighted by molar-refractivity contribution is 6.30. The third-order valence-electron chi connectivity index (χ3n) is 4.27. The highest BCUT2D eigenvalue weighted by atomic mass is 35.5. The van der Waals surface area contributed by atoms with Gasteiger partial charge in [0.15, 0.2) is 0 Å². The summed E-state index contributed by atoms with van der Waals surface area (Å²) in [5, 5.41) is 0.566. The van der Waals surface area contributed by atoms with E-state index >= 15 is 0 Å². The SMILES string of the molecule is COc1ccc(C(=O)N2CCN(c3cccc(Cl)c3)C(=O)C2)c(OC)c1. The molecule has 0 bridgehead atoms. The van der Waals surface area contributed by atoms with Crippen molar-refractivity contribution < 1.29 is 19.1 Å². The van der Waals surface area contributed by atoms with Gasteiger partial charge in [-0.3, -0.25) is 9.59 Å². The number of nitrogens with zero attached hydrogens (tertiary/aromatic N) is 2. The minimum Gasteiger partial charge on any atom is -0.497 e. The normalized spacial score (nSPS) is 14.3. The lowest BCUT2D eigenvalue weighted by Crippen LogP contribution is -2.52. The van der Waals surface area contributed by atoms with Gasteiger partial charge in [0.25, 0.3) is 5.91 Å². The summed E-state index contributed by atoms with van der Waals surface area (Å²) in [6.07, 6.45) is 0. The van der Waals surface area contributed by atoms with E-state index in [-0.39, 0.29) is 18.4 Å². The highest BCUT2D eigenvalue weighted by Crippen LogP contribution is 2.27. The molecule has 1 saturated heterocycles. The zero-order chi connectivity index (χ0) is 18.7. The van der Waals surface area contributed by atoms with Crippen molar-refractivity contribution in [3.8, 4) is 11.5 Å². The molecule has 0 aliphatic carbocycles.